The van der Waals surface area contributed by atoms with Gasteiger partial charge in [-0.3, -0.25) is 14.4 Å². The number of halogens is 1. The van der Waals surface area contributed by atoms with Crippen molar-refractivity contribution in [3.63, 3.8) is 0 Å². The van der Waals surface area contributed by atoms with Crippen LogP contribution in [0.5, 0.6) is 0 Å². The van der Waals surface area contributed by atoms with Crippen LogP contribution in [0.1, 0.15) is 38.3 Å². The Morgan fingerprint density at radius 3 is 2.23 bits per heavy atom. The Labute approximate surface area is 201 Å². The average molecular weight is 474 g/mol. The number of imide groups is 1. The van der Waals surface area contributed by atoms with Gasteiger partial charge in [-0.25, -0.2) is 14.1 Å². The Morgan fingerprint density at radius 2 is 1.57 bits per heavy atom. The van der Waals surface area contributed by atoms with E-state index in [1.165, 1.54) is 36.4 Å². The molecule has 0 aliphatic carbocycles. The van der Waals surface area contributed by atoms with E-state index >= 15 is 0 Å². The number of aryl methyl sites for hydroxylation is 1. The predicted octanol–water partition coefficient (Wildman–Crippen LogP) is 3.60. The number of ketones is 1. The molecule has 1 unspecified atom stereocenters. The molecule has 0 spiro atoms. The maximum absolute atomic E-state index is 13.0. The van der Waals surface area contributed by atoms with E-state index in [1.807, 2.05) is 31.2 Å². The minimum atomic E-state index is -0.733. The zero-order chi connectivity index (χ0) is 24.9. The van der Waals surface area contributed by atoms with Gasteiger partial charge in [0.15, 0.2) is 12.4 Å². The van der Waals surface area contributed by atoms with Gasteiger partial charge in [0.25, 0.3) is 5.91 Å². The van der Waals surface area contributed by atoms with Crippen molar-refractivity contribution in [1.29, 1.82) is 0 Å². The number of carbonyl (C=O) groups is 4. The third-order valence-electron chi connectivity index (χ3n) is 5.68. The van der Waals surface area contributed by atoms with Crippen molar-refractivity contribution >= 4 is 29.3 Å². The fraction of sp³-hybridized carbons (Fsp3) is 0.185. The molecule has 1 aliphatic rings. The fourth-order valence-electron chi connectivity index (χ4n) is 3.69. The Kier molecular flexibility index (Phi) is 7.12. The van der Waals surface area contributed by atoms with E-state index in [2.05, 4.69) is 5.32 Å². The molecular formula is C27H23FN2O5. The lowest BCUT2D eigenvalue weighted by Gasteiger charge is -2.16. The Bertz CT molecular complexity index is 1250. The van der Waals surface area contributed by atoms with E-state index in [-0.39, 0.29) is 29.4 Å². The Balaban J connectivity index is 1.34. The molecule has 35 heavy (non-hydrogen) atoms. The molecule has 1 N–H and O–H groups in total. The number of hydrogen-bond acceptors (Lipinski definition) is 6. The normalized spacial score (nSPS) is 15.4. The maximum atomic E-state index is 13.0. The lowest BCUT2D eigenvalue weighted by molar-refractivity contribution is -0.121. The number of esters is 1. The molecule has 1 aliphatic heterocycles. The summed E-state index contributed by atoms with van der Waals surface area (Å²) in [5, 5.41) is 3.13. The SMILES string of the molecule is Cc1ccc(CNC2CC(=O)N(c3ccc(C(=O)OCC(=O)c4ccc(F)cc4)cc3)C2=O)cc1. The van der Waals surface area contributed by atoms with Gasteiger partial charge in [-0.2, -0.15) is 0 Å². The highest BCUT2D eigenvalue weighted by Crippen LogP contribution is 2.24. The molecule has 3 aromatic carbocycles. The lowest BCUT2D eigenvalue weighted by Crippen LogP contribution is -2.38. The van der Waals surface area contributed by atoms with Crippen LogP contribution in [0.25, 0.3) is 0 Å². The van der Waals surface area contributed by atoms with Gasteiger partial charge >= 0.3 is 5.97 Å². The van der Waals surface area contributed by atoms with Crippen LogP contribution in [0, 0.1) is 12.7 Å². The number of carbonyl (C=O) groups excluding carboxylic acids is 4. The van der Waals surface area contributed by atoms with Gasteiger partial charge in [0.2, 0.25) is 5.91 Å². The number of amides is 2. The molecule has 0 saturated carbocycles. The van der Waals surface area contributed by atoms with Crippen molar-refractivity contribution < 1.29 is 28.3 Å². The Hall–Kier alpha value is -4.17. The van der Waals surface area contributed by atoms with Crippen LogP contribution in [0.4, 0.5) is 10.1 Å². The second-order valence-electron chi connectivity index (χ2n) is 8.24. The van der Waals surface area contributed by atoms with Crippen molar-refractivity contribution in [2.75, 3.05) is 11.5 Å². The van der Waals surface area contributed by atoms with Crippen molar-refractivity contribution in [2.24, 2.45) is 0 Å². The third kappa shape index (κ3) is 5.67. The summed E-state index contributed by atoms with van der Waals surface area (Å²) in [6.45, 7) is 1.95. The fourth-order valence-corrected chi connectivity index (χ4v) is 3.69. The molecule has 178 valence electrons. The van der Waals surface area contributed by atoms with Crippen LogP contribution in [-0.2, 0) is 20.9 Å². The molecule has 0 aromatic heterocycles. The summed E-state index contributed by atoms with van der Waals surface area (Å²) in [7, 11) is 0. The number of benzene rings is 3. The first-order valence-electron chi connectivity index (χ1n) is 11.0. The van der Waals surface area contributed by atoms with Gasteiger partial charge in [-0.15, -0.1) is 0 Å². The summed E-state index contributed by atoms with van der Waals surface area (Å²) in [5.41, 5.74) is 2.88. The third-order valence-corrected chi connectivity index (χ3v) is 5.68. The molecule has 1 fully saturated rings. The summed E-state index contributed by atoms with van der Waals surface area (Å²) in [4.78, 5) is 50.8. The molecular weight excluding hydrogens is 451 g/mol. The number of anilines is 1. The van der Waals surface area contributed by atoms with E-state index in [9.17, 15) is 23.6 Å². The van der Waals surface area contributed by atoms with Crippen LogP contribution in [0.3, 0.4) is 0 Å². The van der Waals surface area contributed by atoms with Gasteiger partial charge in [-0.1, -0.05) is 29.8 Å². The second-order valence-corrected chi connectivity index (χ2v) is 8.24. The smallest absolute Gasteiger partial charge is 0.338 e. The molecule has 1 heterocycles. The van der Waals surface area contributed by atoms with Crippen molar-refractivity contribution in [3.8, 4) is 0 Å². The van der Waals surface area contributed by atoms with Gasteiger partial charge in [0, 0.05) is 12.1 Å². The van der Waals surface area contributed by atoms with E-state index in [0.29, 0.717) is 12.2 Å². The zero-order valence-electron chi connectivity index (χ0n) is 19.0. The first kappa shape index (κ1) is 24.0. The molecule has 7 nitrogen and oxygen atoms in total. The summed E-state index contributed by atoms with van der Waals surface area (Å²) in [6.07, 6.45) is 0.0417. The first-order chi connectivity index (χ1) is 16.8. The largest absolute Gasteiger partial charge is 0.454 e. The van der Waals surface area contributed by atoms with E-state index in [1.54, 1.807) is 0 Å². The summed E-state index contributed by atoms with van der Waals surface area (Å²) < 4.78 is 18.0. The molecule has 0 radical (unpaired) electrons. The van der Waals surface area contributed by atoms with E-state index in [4.69, 9.17) is 4.74 Å². The van der Waals surface area contributed by atoms with Crippen LogP contribution in [0.2, 0.25) is 0 Å². The lowest BCUT2D eigenvalue weighted by atomic mass is 10.1. The highest BCUT2D eigenvalue weighted by molar-refractivity contribution is 6.22. The van der Waals surface area contributed by atoms with Gasteiger partial charge in [-0.05, 0) is 61.0 Å². The van der Waals surface area contributed by atoms with Crippen LogP contribution in [0.15, 0.2) is 72.8 Å². The molecule has 4 rings (SSSR count). The molecule has 2 amide bonds. The van der Waals surface area contributed by atoms with Gasteiger partial charge < -0.3 is 10.1 Å². The number of hydrogen-bond donors (Lipinski definition) is 1. The maximum Gasteiger partial charge on any atom is 0.338 e. The van der Waals surface area contributed by atoms with E-state index < -0.39 is 30.2 Å². The number of nitrogens with zero attached hydrogens (tertiary/aromatic N) is 1. The molecule has 1 saturated heterocycles. The standard InChI is InChI=1S/C27H23FN2O5/c1-17-2-4-18(5-3-17)15-29-23-14-25(32)30(26(23)33)22-12-8-20(9-13-22)27(34)35-16-24(31)19-6-10-21(28)11-7-19/h2-13,23,29H,14-16H2,1H3. The number of ether oxygens (including phenoxy) is 1. The number of rotatable bonds is 8. The Morgan fingerprint density at radius 1 is 0.943 bits per heavy atom. The molecule has 3 aromatic rings. The van der Waals surface area contributed by atoms with Crippen LogP contribution in [-0.4, -0.2) is 36.2 Å². The van der Waals surface area contributed by atoms with Crippen LogP contribution >= 0.6 is 0 Å². The van der Waals surface area contributed by atoms with Crippen molar-refractivity contribution in [2.45, 2.75) is 25.9 Å². The van der Waals surface area contributed by atoms with Gasteiger partial charge in [0.1, 0.15) is 5.82 Å². The summed E-state index contributed by atoms with van der Waals surface area (Å²) >= 11 is 0. The number of Topliss-reactive ketones (excluding diaryl/α,β-unsaturated/α-hetero) is 1. The quantitative estimate of drug-likeness (QED) is 0.305. The monoisotopic (exact) mass is 474 g/mol. The van der Waals surface area contributed by atoms with Crippen molar-refractivity contribution in [1.82, 2.24) is 5.32 Å². The molecule has 0 bridgehead atoms. The first-order valence-corrected chi connectivity index (χ1v) is 11.0. The molecule has 8 heteroatoms. The molecule has 1 atom stereocenters. The predicted molar refractivity (Wildman–Crippen MR) is 126 cm³/mol. The minimum Gasteiger partial charge on any atom is -0.454 e. The minimum absolute atomic E-state index is 0.0417. The van der Waals surface area contributed by atoms with Crippen molar-refractivity contribution in [3.05, 3.63) is 101 Å². The number of nitrogens with one attached hydrogen (secondary N) is 1. The average Bonchev–Trinajstić information content (AvgIpc) is 3.15. The highest BCUT2D eigenvalue weighted by Gasteiger charge is 2.39. The van der Waals surface area contributed by atoms with Crippen LogP contribution < -0.4 is 10.2 Å². The van der Waals surface area contributed by atoms with Gasteiger partial charge in [0.05, 0.1) is 23.7 Å². The highest BCUT2D eigenvalue weighted by atomic mass is 19.1. The zero-order valence-corrected chi connectivity index (χ0v) is 19.0. The topological polar surface area (TPSA) is 92.8 Å². The summed E-state index contributed by atoms with van der Waals surface area (Å²) in [6, 6.07) is 18.0. The second kappa shape index (κ2) is 10.4. The van der Waals surface area contributed by atoms with E-state index in [0.717, 1.165) is 28.2 Å². The summed E-state index contributed by atoms with van der Waals surface area (Å²) in [5.74, 6) is -2.36.